The number of hydrogen-bond acceptors (Lipinski definition) is 4. The van der Waals surface area contributed by atoms with Crippen molar-refractivity contribution in [1.29, 1.82) is 0 Å². The third-order valence-electron chi connectivity index (χ3n) is 2.22. The van der Waals surface area contributed by atoms with Crippen molar-refractivity contribution < 1.29 is 14.6 Å². The van der Waals surface area contributed by atoms with E-state index in [2.05, 4.69) is 5.32 Å². The van der Waals surface area contributed by atoms with Crippen LogP contribution in [-0.4, -0.2) is 29.5 Å². The number of aliphatic hydroxyl groups is 2. The van der Waals surface area contributed by atoms with E-state index in [0.717, 1.165) is 16.7 Å². The summed E-state index contributed by atoms with van der Waals surface area (Å²) in [5.74, 6) is 0. The summed E-state index contributed by atoms with van der Waals surface area (Å²) < 4.78 is 5.31. The lowest BCUT2D eigenvalue weighted by Crippen LogP contribution is -2.22. The van der Waals surface area contributed by atoms with Gasteiger partial charge in [-0.1, -0.05) is 12.1 Å². The Bertz CT molecular complexity index is 438. The van der Waals surface area contributed by atoms with Gasteiger partial charge in [-0.3, -0.25) is 0 Å². The topological polar surface area (TPSA) is 65.6 Å². The molecule has 2 aromatic rings. The highest BCUT2D eigenvalue weighted by molar-refractivity contribution is 5.90. The van der Waals surface area contributed by atoms with Gasteiger partial charge in [0, 0.05) is 11.9 Å². The van der Waals surface area contributed by atoms with E-state index in [0.29, 0.717) is 6.54 Å². The Hall–Kier alpha value is -1.52. The highest BCUT2D eigenvalue weighted by atomic mass is 16.3. The number of fused-ring (bicyclic) bond motifs is 1. The first-order chi connectivity index (χ1) is 7.31. The lowest BCUT2D eigenvalue weighted by molar-refractivity contribution is 0.105. The summed E-state index contributed by atoms with van der Waals surface area (Å²) in [4.78, 5) is 0. The third kappa shape index (κ3) is 2.11. The van der Waals surface area contributed by atoms with Crippen molar-refractivity contribution in [1.82, 2.24) is 0 Å². The molecule has 0 fully saturated rings. The van der Waals surface area contributed by atoms with Crippen LogP contribution in [0, 0.1) is 0 Å². The molecule has 1 heterocycles. The molecule has 1 aromatic heterocycles. The summed E-state index contributed by atoms with van der Waals surface area (Å²) in [7, 11) is 0. The van der Waals surface area contributed by atoms with Crippen LogP contribution in [0.5, 0.6) is 0 Å². The van der Waals surface area contributed by atoms with E-state index >= 15 is 0 Å². The van der Waals surface area contributed by atoms with Gasteiger partial charge >= 0.3 is 0 Å². The first-order valence-electron chi connectivity index (χ1n) is 4.80. The molecule has 0 aliphatic heterocycles. The van der Waals surface area contributed by atoms with Crippen LogP contribution in [0.3, 0.4) is 0 Å². The van der Waals surface area contributed by atoms with E-state index < -0.39 is 6.10 Å². The van der Waals surface area contributed by atoms with Crippen molar-refractivity contribution in [2.45, 2.75) is 6.10 Å². The second kappa shape index (κ2) is 4.33. The summed E-state index contributed by atoms with van der Waals surface area (Å²) in [6.07, 6.45) is 0.855. The Labute approximate surface area is 87.1 Å². The standard InChI is InChI=1S/C11H13NO3/c13-6-8(14)5-12-10-7-15-11-4-2-1-3-9(10)11/h1-4,7-8,12-14H,5-6H2. The van der Waals surface area contributed by atoms with Crippen LogP contribution >= 0.6 is 0 Å². The van der Waals surface area contributed by atoms with Gasteiger partial charge in [-0.15, -0.1) is 0 Å². The van der Waals surface area contributed by atoms with Gasteiger partial charge in [0.15, 0.2) is 0 Å². The van der Waals surface area contributed by atoms with Crippen LogP contribution in [-0.2, 0) is 0 Å². The highest BCUT2D eigenvalue weighted by Crippen LogP contribution is 2.24. The average molecular weight is 207 g/mol. The molecule has 0 radical (unpaired) electrons. The molecule has 2 rings (SSSR count). The van der Waals surface area contributed by atoms with E-state index in [-0.39, 0.29) is 6.61 Å². The minimum Gasteiger partial charge on any atom is -0.462 e. The summed E-state index contributed by atoms with van der Waals surface area (Å²) in [6.45, 7) is 0.0583. The maximum atomic E-state index is 9.19. The van der Waals surface area contributed by atoms with E-state index in [4.69, 9.17) is 9.52 Å². The van der Waals surface area contributed by atoms with E-state index in [1.807, 2.05) is 24.3 Å². The van der Waals surface area contributed by atoms with Crippen molar-refractivity contribution in [3.05, 3.63) is 30.5 Å². The van der Waals surface area contributed by atoms with E-state index in [9.17, 15) is 5.11 Å². The van der Waals surface area contributed by atoms with Crippen molar-refractivity contribution in [2.24, 2.45) is 0 Å². The molecule has 3 N–H and O–H groups in total. The van der Waals surface area contributed by atoms with Gasteiger partial charge in [-0.05, 0) is 12.1 Å². The van der Waals surface area contributed by atoms with Crippen molar-refractivity contribution in [3.63, 3.8) is 0 Å². The van der Waals surface area contributed by atoms with Gasteiger partial charge in [-0.25, -0.2) is 0 Å². The van der Waals surface area contributed by atoms with Crippen LogP contribution in [0.4, 0.5) is 5.69 Å². The van der Waals surface area contributed by atoms with Crippen LogP contribution in [0.2, 0.25) is 0 Å². The lowest BCUT2D eigenvalue weighted by Gasteiger charge is -2.08. The molecule has 0 amide bonds. The fraction of sp³-hybridized carbons (Fsp3) is 0.273. The summed E-state index contributed by atoms with van der Waals surface area (Å²) in [5, 5.41) is 21.8. The van der Waals surface area contributed by atoms with E-state index in [1.54, 1.807) is 6.26 Å². The predicted molar refractivity (Wildman–Crippen MR) is 57.8 cm³/mol. The van der Waals surface area contributed by atoms with Gasteiger partial charge in [0.1, 0.15) is 11.8 Å². The van der Waals surface area contributed by atoms with E-state index in [1.165, 1.54) is 0 Å². The Balaban J connectivity index is 2.14. The molecule has 0 saturated heterocycles. The molecule has 1 unspecified atom stereocenters. The second-order valence-corrected chi connectivity index (χ2v) is 3.36. The Morgan fingerprint density at radius 2 is 2.13 bits per heavy atom. The van der Waals surface area contributed by atoms with Crippen LogP contribution in [0.25, 0.3) is 11.0 Å². The number of hydrogen-bond donors (Lipinski definition) is 3. The van der Waals surface area contributed by atoms with Crippen molar-refractivity contribution in [2.75, 3.05) is 18.5 Å². The van der Waals surface area contributed by atoms with Crippen LogP contribution < -0.4 is 5.32 Å². The van der Waals surface area contributed by atoms with Gasteiger partial charge in [0.2, 0.25) is 0 Å². The molecule has 0 aliphatic carbocycles. The fourth-order valence-electron chi connectivity index (χ4n) is 1.41. The van der Waals surface area contributed by atoms with Gasteiger partial charge in [0.05, 0.1) is 18.4 Å². The number of benzene rings is 1. The Morgan fingerprint density at radius 3 is 2.93 bits per heavy atom. The van der Waals surface area contributed by atoms with Crippen LogP contribution in [0.15, 0.2) is 34.9 Å². The lowest BCUT2D eigenvalue weighted by atomic mass is 10.2. The maximum Gasteiger partial charge on any atom is 0.136 e. The number of para-hydroxylation sites is 1. The quantitative estimate of drug-likeness (QED) is 0.704. The molecule has 80 valence electrons. The second-order valence-electron chi connectivity index (χ2n) is 3.36. The summed E-state index contributed by atoms with van der Waals surface area (Å²) >= 11 is 0. The predicted octanol–water partition coefficient (Wildman–Crippen LogP) is 1.20. The molecule has 0 saturated carbocycles. The third-order valence-corrected chi connectivity index (χ3v) is 2.22. The van der Waals surface area contributed by atoms with Gasteiger partial charge < -0.3 is 19.9 Å². The maximum absolute atomic E-state index is 9.19. The first kappa shape index (κ1) is 10.0. The van der Waals surface area contributed by atoms with Crippen molar-refractivity contribution in [3.8, 4) is 0 Å². The zero-order chi connectivity index (χ0) is 10.7. The number of aliphatic hydroxyl groups excluding tert-OH is 2. The zero-order valence-corrected chi connectivity index (χ0v) is 8.18. The van der Waals surface area contributed by atoms with Gasteiger partial charge in [-0.2, -0.15) is 0 Å². The molecule has 0 aliphatic rings. The fourth-order valence-corrected chi connectivity index (χ4v) is 1.41. The number of furan rings is 1. The Kier molecular flexibility index (Phi) is 2.89. The minimum absolute atomic E-state index is 0.247. The Morgan fingerprint density at radius 1 is 1.33 bits per heavy atom. The SMILES string of the molecule is OCC(O)CNc1coc2ccccc12. The van der Waals surface area contributed by atoms with Crippen molar-refractivity contribution >= 4 is 16.7 Å². The summed E-state index contributed by atoms with van der Waals surface area (Å²) in [6, 6.07) is 7.64. The molecular formula is C11H13NO3. The number of nitrogens with one attached hydrogen (secondary N) is 1. The number of rotatable bonds is 4. The minimum atomic E-state index is -0.751. The smallest absolute Gasteiger partial charge is 0.136 e. The zero-order valence-electron chi connectivity index (χ0n) is 8.18. The number of anilines is 1. The molecule has 0 bridgehead atoms. The molecule has 4 heteroatoms. The first-order valence-corrected chi connectivity index (χ1v) is 4.80. The molecule has 4 nitrogen and oxygen atoms in total. The molecule has 1 aromatic carbocycles. The largest absolute Gasteiger partial charge is 0.462 e. The highest BCUT2D eigenvalue weighted by Gasteiger charge is 2.06. The van der Waals surface area contributed by atoms with Crippen LogP contribution in [0.1, 0.15) is 0 Å². The van der Waals surface area contributed by atoms with Gasteiger partial charge in [0.25, 0.3) is 0 Å². The normalized spacial score (nSPS) is 12.9. The molecule has 0 spiro atoms. The average Bonchev–Trinajstić information content (AvgIpc) is 2.69. The summed E-state index contributed by atoms with van der Waals surface area (Å²) in [5.41, 5.74) is 1.64. The molecule has 15 heavy (non-hydrogen) atoms. The monoisotopic (exact) mass is 207 g/mol. The molecule has 1 atom stereocenters. The molecular weight excluding hydrogens is 194 g/mol.